The Morgan fingerprint density at radius 2 is 1.95 bits per heavy atom. The molecule has 2 rings (SSSR count). The summed E-state index contributed by atoms with van der Waals surface area (Å²) >= 11 is 0. The largest absolute Gasteiger partial charge is 0.383 e. The van der Waals surface area contributed by atoms with Crippen molar-refractivity contribution in [3.05, 3.63) is 29.4 Å². The molecule has 1 unspecified atom stereocenters. The van der Waals surface area contributed by atoms with Crippen molar-refractivity contribution in [2.45, 2.75) is 26.3 Å². The molecule has 2 aromatic heterocycles. The second-order valence-electron chi connectivity index (χ2n) is 4.57. The van der Waals surface area contributed by atoms with E-state index in [2.05, 4.69) is 15.1 Å². The lowest BCUT2D eigenvalue weighted by Gasteiger charge is -2.05. The van der Waals surface area contributed by atoms with E-state index in [1.165, 1.54) is 0 Å². The van der Waals surface area contributed by atoms with Gasteiger partial charge in [-0.2, -0.15) is 4.98 Å². The average Bonchev–Trinajstić information content (AvgIpc) is 2.76. The summed E-state index contributed by atoms with van der Waals surface area (Å²) in [6, 6.07) is 3.71. The number of rotatable bonds is 5. The minimum Gasteiger partial charge on any atom is -0.383 e. The van der Waals surface area contributed by atoms with Crippen molar-refractivity contribution in [1.82, 2.24) is 15.1 Å². The third kappa shape index (κ3) is 3.59. The Morgan fingerprint density at radius 1 is 1.26 bits per heavy atom. The summed E-state index contributed by atoms with van der Waals surface area (Å²) in [4.78, 5) is 8.66. The first-order valence-electron chi connectivity index (χ1n) is 6.11. The molecule has 2 aromatic rings. The van der Waals surface area contributed by atoms with Crippen molar-refractivity contribution in [3.8, 4) is 11.4 Å². The normalized spacial score (nSPS) is 12.6. The number of aryl methyl sites for hydroxylation is 2. The first-order chi connectivity index (χ1) is 9.08. The predicted molar refractivity (Wildman–Crippen MR) is 70.6 cm³/mol. The third-order valence-electron chi connectivity index (χ3n) is 2.63. The van der Waals surface area contributed by atoms with E-state index < -0.39 is 0 Å². The monoisotopic (exact) mass is 262 g/mol. The van der Waals surface area contributed by atoms with Crippen molar-refractivity contribution in [2.24, 2.45) is 5.73 Å². The van der Waals surface area contributed by atoms with Crippen LogP contribution in [-0.4, -0.2) is 34.9 Å². The summed E-state index contributed by atoms with van der Waals surface area (Å²) in [5, 5.41) is 3.97. The van der Waals surface area contributed by atoms with Crippen LogP contribution in [0.3, 0.4) is 0 Å². The smallest absolute Gasteiger partial charge is 0.228 e. The van der Waals surface area contributed by atoms with E-state index in [1.807, 2.05) is 26.0 Å². The van der Waals surface area contributed by atoms with Gasteiger partial charge in [0.05, 0.1) is 6.61 Å². The van der Waals surface area contributed by atoms with Crippen LogP contribution in [0.25, 0.3) is 11.4 Å². The molecule has 0 fully saturated rings. The molecular weight excluding hydrogens is 244 g/mol. The number of ether oxygens (including phenoxy) is 1. The molecule has 1 atom stereocenters. The molecule has 6 nitrogen and oxygen atoms in total. The first kappa shape index (κ1) is 13.6. The van der Waals surface area contributed by atoms with Crippen LogP contribution in [0.2, 0.25) is 0 Å². The van der Waals surface area contributed by atoms with Gasteiger partial charge in [0.2, 0.25) is 11.7 Å². The predicted octanol–water partition coefficient (Wildman–Crippen LogP) is 1.26. The van der Waals surface area contributed by atoms with E-state index in [9.17, 15) is 0 Å². The van der Waals surface area contributed by atoms with Gasteiger partial charge in [0, 0.05) is 36.5 Å². The lowest BCUT2D eigenvalue weighted by atomic mass is 10.2. The van der Waals surface area contributed by atoms with E-state index in [4.69, 9.17) is 15.0 Å². The van der Waals surface area contributed by atoms with Crippen molar-refractivity contribution in [3.63, 3.8) is 0 Å². The molecule has 2 heterocycles. The van der Waals surface area contributed by atoms with Crippen LogP contribution in [0.5, 0.6) is 0 Å². The topological polar surface area (TPSA) is 87.1 Å². The summed E-state index contributed by atoms with van der Waals surface area (Å²) in [6.07, 6.45) is 0.504. The lowest BCUT2D eigenvalue weighted by Crippen LogP contribution is -2.28. The average molecular weight is 262 g/mol. The minimum absolute atomic E-state index is 0.140. The number of nitrogens with zero attached hydrogens (tertiary/aromatic N) is 3. The molecular formula is C13H18N4O2. The Hall–Kier alpha value is -1.79. The Bertz CT molecular complexity index is 533. The molecule has 0 aliphatic carbocycles. The summed E-state index contributed by atoms with van der Waals surface area (Å²) in [5.74, 6) is 1.08. The Morgan fingerprint density at radius 3 is 2.58 bits per heavy atom. The van der Waals surface area contributed by atoms with Crippen molar-refractivity contribution < 1.29 is 9.26 Å². The Labute approximate surface area is 112 Å². The number of methoxy groups -OCH3 is 1. The van der Waals surface area contributed by atoms with E-state index in [-0.39, 0.29) is 6.04 Å². The molecule has 0 aliphatic rings. The fraction of sp³-hybridized carbons (Fsp3) is 0.462. The molecule has 102 valence electrons. The lowest BCUT2D eigenvalue weighted by molar-refractivity contribution is 0.176. The SMILES string of the molecule is COCC(N)Cc1nc(-c2cc(C)nc(C)c2)no1. The van der Waals surface area contributed by atoms with Crippen LogP contribution in [0.4, 0.5) is 0 Å². The van der Waals surface area contributed by atoms with Crippen LogP contribution in [0, 0.1) is 13.8 Å². The summed E-state index contributed by atoms with van der Waals surface area (Å²) < 4.78 is 10.2. The highest BCUT2D eigenvalue weighted by Gasteiger charge is 2.13. The van der Waals surface area contributed by atoms with Gasteiger partial charge in [-0.1, -0.05) is 5.16 Å². The van der Waals surface area contributed by atoms with Crippen LogP contribution in [0.1, 0.15) is 17.3 Å². The maximum absolute atomic E-state index is 5.85. The maximum Gasteiger partial charge on any atom is 0.228 e. The molecule has 0 spiro atoms. The Balaban J connectivity index is 2.16. The molecule has 0 saturated carbocycles. The molecule has 0 aliphatic heterocycles. The van der Waals surface area contributed by atoms with Gasteiger partial charge in [-0.05, 0) is 26.0 Å². The molecule has 0 aromatic carbocycles. The maximum atomic E-state index is 5.85. The van der Waals surface area contributed by atoms with Crippen LogP contribution in [0.15, 0.2) is 16.7 Å². The number of pyridine rings is 1. The summed E-state index contributed by atoms with van der Waals surface area (Å²) in [5.41, 5.74) is 8.61. The highest BCUT2D eigenvalue weighted by atomic mass is 16.5. The van der Waals surface area contributed by atoms with Gasteiger partial charge in [-0.3, -0.25) is 4.98 Å². The van der Waals surface area contributed by atoms with Crippen molar-refractivity contribution in [1.29, 1.82) is 0 Å². The second kappa shape index (κ2) is 5.90. The van der Waals surface area contributed by atoms with Gasteiger partial charge in [0.25, 0.3) is 0 Å². The van der Waals surface area contributed by atoms with Crippen LogP contribution < -0.4 is 5.73 Å². The molecule has 0 radical (unpaired) electrons. The number of nitrogens with two attached hydrogens (primary N) is 1. The van der Waals surface area contributed by atoms with Gasteiger partial charge in [-0.15, -0.1) is 0 Å². The molecule has 0 saturated heterocycles. The zero-order valence-corrected chi connectivity index (χ0v) is 11.4. The first-order valence-corrected chi connectivity index (χ1v) is 6.11. The van der Waals surface area contributed by atoms with E-state index in [1.54, 1.807) is 7.11 Å². The van der Waals surface area contributed by atoms with Gasteiger partial charge < -0.3 is 15.0 Å². The van der Waals surface area contributed by atoms with Gasteiger partial charge in [0.1, 0.15) is 0 Å². The van der Waals surface area contributed by atoms with Crippen molar-refractivity contribution >= 4 is 0 Å². The zero-order chi connectivity index (χ0) is 13.8. The zero-order valence-electron chi connectivity index (χ0n) is 11.4. The molecule has 6 heteroatoms. The fourth-order valence-corrected chi connectivity index (χ4v) is 1.92. The standard InChI is InChI=1S/C13H18N4O2/c1-8-4-10(5-9(2)15-8)13-16-12(19-17-13)6-11(14)7-18-3/h4-5,11H,6-7,14H2,1-3H3. The molecule has 19 heavy (non-hydrogen) atoms. The van der Waals surface area contributed by atoms with E-state index in [0.29, 0.717) is 24.7 Å². The quantitative estimate of drug-likeness (QED) is 0.873. The molecule has 0 bridgehead atoms. The minimum atomic E-state index is -0.140. The van der Waals surface area contributed by atoms with Crippen LogP contribution in [-0.2, 0) is 11.2 Å². The number of hydrogen-bond acceptors (Lipinski definition) is 6. The van der Waals surface area contributed by atoms with E-state index >= 15 is 0 Å². The van der Waals surface area contributed by atoms with Crippen molar-refractivity contribution in [2.75, 3.05) is 13.7 Å². The summed E-state index contributed by atoms with van der Waals surface area (Å²) in [6.45, 7) is 4.34. The van der Waals surface area contributed by atoms with E-state index in [0.717, 1.165) is 17.0 Å². The second-order valence-corrected chi connectivity index (χ2v) is 4.57. The number of aromatic nitrogens is 3. The van der Waals surface area contributed by atoms with Gasteiger partial charge in [-0.25, -0.2) is 0 Å². The fourth-order valence-electron chi connectivity index (χ4n) is 1.92. The molecule has 2 N–H and O–H groups in total. The third-order valence-corrected chi connectivity index (χ3v) is 2.63. The molecule has 0 amide bonds. The van der Waals surface area contributed by atoms with Gasteiger partial charge in [0.15, 0.2) is 0 Å². The van der Waals surface area contributed by atoms with Gasteiger partial charge >= 0.3 is 0 Å². The highest BCUT2D eigenvalue weighted by molar-refractivity contribution is 5.55. The number of hydrogen-bond donors (Lipinski definition) is 1. The summed E-state index contributed by atoms with van der Waals surface area (Å²) in [7, 11) is 1.61. The van der Waals surface area contributed by atoms with Crippen LogP contribution >= 0.6 is 0 Å². The highest BCUT2D eigenvalue weighted by Crippen LogP contribution is 2.17. The Kier molecular flexibility index (Phi) is 4.24.